The molecule has 1 aromatic heterocycles. The molecule has 0 aliphatic heterocycles. The van der Waals surface area contributed by atoms with Gasteiger partial charge in [0, 0.05) is 11.6 Å². The van der Waals surface area contributed by atoms with Crippen molar-refractivity contribution in [2.45, 2.75) is 6.92 Å². The van der Waals surface area contributed by atoms with Crippen LogP contribution in [0.5, 0.6) is 0 Å². The first-order valence-corrected chi connectivity index (χ1v) is 5.79. The summed E-state index contributed by atoms with van der Waals surface area (Å²) in [7, 11) is 0. The highest BCUT2D eigenvalue weighted by atomic mass is 16.5. The van der Waals surface area contributed by atoms with Gasteiger partial charge in [0.1, 0.15) is 0 Å². The fourth-order valence-electron chi connectivity index (χ4n) is 1.63. The standard InChI is InChI=1S/C13H13N3O3/c1-2-19-13(18)16-15-12(17)10-7-3-5-9-6-4-8-14-11(9)10/h3-8H,2H2,1H3,(H,15,17)(H,16,18). The molecule has 0 spiro atoms. The van der Waals surface area contributed by atoms with Crippen molar-refractivity contribution in [3.05, 3.63) is 42.1 Å². The molecule has 2 aromatic rings. The molecule has 19 heavy (non-hydrogen) atoms. The molecule has 6 heteroatoms. The van der Waals surface area contributed by atoms with E-state index in [1.807, 2.05) is 12.1 Å². The molecule has 0 fully saturated rings. The maximum atomic E-state index is 11.9. The predicted octanol–water partition coefficient (Wildman–Crippen LogP) is 1.63. The summed E-state index contributed by atoms with van der Waals surface area (Å²) in [4.78, 5) is 27.2. The molecule has 0 aliphatic carbocycles. The van der Waals surface area contributed by atoms with Gasteiger partial charge in [0.2, 0.25) is 0 Å². The van der Waals surface area contributed by atoms with Crippen molar-refractivity contribution >= 4 is 22.9 Å². The van der Waals surface area contributed by atoms with E-state index in [2.05, 4.69) is 20.6 Å². The lowest BCUT2D eigenvalue weighted by molar-refractivity contribution is 0.0914. The van der Waals surface area contributed by atoms with E-state index < -0.39 is 12.0 Å². The monoisotopic (exact) mass is 259 g/mol. The summed E-state index contributed by atoms with van der Waals surface area (Å²) >= 11 is 0. The predicted molar refractivity (Wildman–Crippen MR) is 69.4 cm³/mol. The van der Waals surface area contributed by atoms with Gasteiger partial charge in [-0.25, -0.2) is 10.2 Å². The van der Waals surface area contributed by atoms with Gasteiger partial charge in [0.25, 0.3) is 5.91 Å². The van der Waals surface area contributed by atoms with E-state index in [0.717, 1.165) is 5.39 Å². The molecule has 0 aliphatic rings. The van der Waals surface area contributed by atoms with Crippen LogP contribution in [0.4, 0.5) is 4.79 Å². The topological polar surface area (TPSA) is 80.3 Å². The van der Waals surface area contributed by atoms with E-state index in [9.17, 15) is 9.59 Å². The fraction of sp³-hybridized carbons (Fsp3) is 0.154. The quantitative estimate of drug-likeness (QED) is 0.803. The van der Waals surface area contributed by atoms with E-state index in [0.29, 0.717) is 11.1 Å². The number of hydrogen-bond acceptors (Lipinski definition) is 4. The number of hydrazine groups is 1. The number of amides is 2. The Labute approximate surface area is 109 Å². The molecule has 0 atom stereocenters. The molecule has 0 radical (unpaired) electrons. The van der Waals surface area contributed by atoms with Crippen molar-refractivity contribution in [2.24, 2.45) is 0 Å². The van der Waals surface area contributed by atoms with Crippen LogP contribution in [0, 0.1) is 0 Å². The second-order valence-corrected chi connectivity index (χ2v) is 3.68. The Balaban J connectivity index is 2.15. The van der Waals surface area contributed by atoms with Crippen LogP contribution in [0.1, 0.15) is 17.3 Å². The van der Waals surface area contributed by atoms with Gasteiger partial charge in [-0.3, -0.25) is 15.2 Å². The first-order chi connectivity index (χ1) is 9.22. The first kappa shape index (κ1) is 12.8. The number of fused-ring (bicyclic) bond motifs is 1. The minimum atomic E-state index is -0.705. The van der Waals surface area contributed by atoms with Crippen LogP contribution in [0.2, 0.25) is 0 Å². The minimum Gasteiger partial charge on any atom is -0.449 e. The lowest BCUT2D eigenvalue weighted by Gasteiger charge is -2.08. The third kappa shape index (κ3) is 2.98. The summed E-state index contributed by atoms with van der Waals surface area (Å²) in [5, 5.41) is 0.853. The second kappa shape index (κ2) is 5.81. The van der Waals surface area contributed by atoms with Crippen molar-refractivity contribution in [3.8, 4) is 0 Å². The molecule has 0 bridgehead atoms. The Morgan fingerprint density at radius 3 is 2.79 bits per heavy atom. The highest BCUT2D eigenvalue weighted by Gasteiger charge is 2.11. The van der Waals surface area contributed by atoms with Crippen LogP contribution in [-0.4, -0.2) is 23.6 Å². The summed E-state index contributed by atoms with van der Waals surface area (Å²) in [6, 6.07) is 8.90. The molecule has 0 saturated carbocycles. The Hall–Kier alpha value is -2.63. The number of ether oxygens (including phenoxy) is 1. The molecule has 0 unspecified atom stereocenters. The number of nitrogens with one attached hydrogen (secondary N) is 2. The fourth-order valence-corrected chi connectivity index (χ4v) is 1.63. The Morgan fingerprint density at radius 1 is 1.21 bits per heavy atom. The molecule has 1 heterocycles. The second-order valence-electron chi connectivity index (χ2n) is 3.68. The zero-order valence-electron chi connectivity index (χ0n) is 10.3. The molecule has 1 aromatic carbocycles. The molecule has 2 amide bonds. The van der Waals surface area contributed by atoms with Gasteiger partial charge in [-0.05, 0) is 19.1 Å². The third-order valence-corrected chi connectivity index (χ3v) is 2.43. The average molecular weight is 259 g/mol. The van der Waals surface area contributed by atoms with E-state index >= 15 is 0 Å². The van der Waals surface area contributed by atoms with Crippen LogP contribution < -0.4 is 10.9 Å². The number of nitrogens with zero attached hydrogens (tertiary/aromatic N) is 1. The number of pyridine rings is 1. The van der Waals surface area contributed by atoms with Gasteiger partial charge in [-0.1, -0.05) is 18.2 Å². The SMILES string of the molecule is CCOC(=O)NNC(=O)c1cccc2cccnc12. The highest BCUT2D eigenvalue weighted by molar-refractivity contribution is 6.05. The van der Waals surface area contributed by atoms with E-state index in [4.69, 9.17) is 0 Å². The summed E-state index contributed by atoms with van der Waals surface area (Å²) in [5.74, 6) is -0.447. The number of hydrogen-bond donors (Lipinski definition) is 2. The van der Waals surface area contributed by atoms with Gasteiger partial charge in [0.15, 0.2) is 0 Å². The highest BCUT2D eigenvalue weighted by Crippen LogP contribution is 2.15. The van der Waals surface area contributed by atoms with Crippen molar-refractivity contribution in [1.82, 2.24) is 15.8 Å². The van der Waals surface area contributed by atoms with Crippen molar-refractivity contribution in [2.75, 3.05) is 6.61 Å². The largest absolute Gasteiger partial charge is 0.449 e. The lowest BCUT2D eigenvalue weighted by Crippen LogP contribution is -2.42. The van der Waals surface area contributed by atoms with Crippen LogP contribution in [0.3, 0.4) is 0 Å². The van der Waals surface area contributed by atoms with Crippen molar-refractivity contribution < 1.29 is 14.3 Å². The number of aromatic nitrogens is 1. The summed E-state index contributed by atoms with van der Waals surface area (Å²) in [6.07, 6.45) is 0.904. The van der Waals surface area contributed by atoms with E-state index in [-0.39, 0.29) is 6.61 Å². The molecule has 98 valence electrons. The van der Waals surface area contributed by atoms with Crippen LogP contribution in [0.25, 0.3) is 10.9 Å². The van der Waals surface area contributed by atoms with E-state index in [1.54, 1.807) is 31.3 Å². The van der Waals surface area contributed by atoms with Crippen LogP contribution >= 0.6 is 0 Å². The molecule has 6 nitrogen and oxygen atoms in total. The molecule has 2 N–H and O–H groups in total. The normalized spacial score (nSPS) is 9.95. The van der Waals surface area contributed by atoms with Gasteiger partial charge in [-0.15, -0.1) is 0 Å². The number of carbonyl (C=O) groups excluding carboxylic acids is 2. The Bertz CT molecular complexity index is 608. The average Bonchev–Trinajstić information content (AvgIpc) is 2.44. The van der Waals surface area contributed by atoms with Gasteiger partial charge in [0.05, 0.1) is 17.7 Å². The van der Waals surface area contributed by atoms with Crippen molar-refractivity contribution in [3.63, 3.8) is 0 Å². The molecular formula is C13H13N3O3. The zero-order valence-corrected chi connectivity index (χ0v) is 10.3. The third-order valence-electron chi connectivity index (χ3n) is 2.43. The summed E-state index contributed by atoms with van der Waals surface area (Å²) in [5.41, 5.74) is 5.39. The maximum absolute atomic E-state index is 11.9. The Kier molecular flexibility index (Phi) is 3.92. The summed E-state index contributed by atoms with van der Waals surface area (Å²) in [6.45, 7) is 1.91. The lowest BCUT2D eigenvalue weighted by atomic mass is 10.1. The minimum absolute atomic E-state index is 0.234. The van der Waals surface area contributed by atoms with E-state index in [1.165, 1.54) is 0 Å². The number of rotatable bonds is 2. The molecular weight excluding hydrogens is 246 g/mol. The van der Waals surface area contributed by atoms with Crippen molar-refractivity contribution in [1.29, 1.82) is 0 Å². The smallest absolute Gasteiger partial charge is 0.426 e. The number of para-hydroxylation sites is 1. The zero-order chi connectivity index (χ0) is 13.7. The van der Waals surface area contributed by atoms with Crippen LogP contribution in [-0.2, 0) is 4.74 Å². The van der Waals surface area contributed by atoms with Gasteiger partial charge < -0.3 is 4.74 Å². The Morgan fingerprint density at radius 2 is 2.00 bits per heavy atom. The molecule has 2 rings (SSSR count). The number of benzene rings is 1. The number of carbonyl (C=O) groups is 2. The van der Waals surface area contributed by atoms with Gasteiger partial charge in [-0.2, -0.15) is 0 Å². The first-order valence-electron chi connectivity index (χ1n) is 5.79. The maximum Gasteiger partial charge on any atom is 0.426 e. The van der Waals surface area contributed by atoms with Gasteiger partial charge >= 0.3 is 6.09 Å². The molecule has 0 saturated heterocycles. The van der Waals surface area contributed by atoms with Crippen LogP contribution in [0.15, 0.2) is 36.5 Å². The summed E-state index contributed by atoms with van der Waals surface area (Å²) < 4.78 is 4.64.